The van der Waals surface area contributed by atoms with Gasteiger partial charge in [0.25, 0.3) is 0 Å². The molecule has 0 fully saturated rings. The summed E-state index contributed by atoms with van der Waals surface area (Å²) in [6.07, 6.45) is 7.75. The maximum Gasteiger partial charge on any atom is 0.246 e. The van der Waals surface area contributed by atoms with E-state index in [1.807, 2.05) is 12.1 Å². The van der Waals surface area contributed by atoms with Crippen LogP contribution in [0.5, 0.6) is 0 Å². The van der Waals surface area contributed by atoms with Crippen LogP contribution in [0.25, 0.3) is 0 Å². The van der Waals surface area contributed by atoms with Gasteiger partial charge in [0.05, 0.1) is 0 Å². The van der Waals surface area contributed by atoms with Gasteiger partial charge in [-0.1, -0.05) is 31.9 Å². The van der Waals surface area contributed by atoms with Crippen molar-refractivity contribution in [2.75, 3.05) is 5.32 Å². The minimum Gasteiger partial charge on any atom is -0.324 e. The number of rotatable bonds is 7. The molecule has 106 valence electrons. The molecule has 1 amide bonds. The van der Waals surface area contributed by atoms with Gasteiger partial charge in [0.1, 0.15) is 19.2 Å². The number of anilines is 1. The Morgan fingerprint density at radius 3 is 2.70 bits per heavy atom. The van der Waals surface area contributed by atoms with E-state index in [-0.39, 0.29) is 12.5 Å². The molecule has 1 aromatic carbocycles. The van der Waals surface area contributed by atoms with Crippen LogP contribution in [0.3, 0.4) is 0 Å². The number of nitrogens with zero attached hydrogens (tertiary/aromatic N) is 3. The topological polar surface area (TPSA) is 59.8 Å². The largest absolute Gasteiger partial charge is 0.324 e. The van der Waals surface area contributed by atoms with Crippen molar-refractivity contribution in [1.82, 2.24) is 14.8 Å². The highest BCUT2D eigenvalue weighted by Crippen LogP contribution is 2.12. The molecule has 0 atom stereocenters. The van der Waals surface area contributed by atoms with Crippen molar-refractivity contribution in [2.45, 2.75) is 39.2 Å². The molecule has 1 N–H and O–H groups in total. The van der Waals surface area contributed by atoms with Crippen molar-refractivity contribution in [3.05, 3.63) is 42.5 Å². The second-order valence-electron chi connectivity index (χ2n) is 4.80. The lowest BCUT2D eigenvalue weighted by molar-refractivity contribution is -0.116. The summed E-state index contributed by atoms with van der Waals surface area (Å²) in [7, 11) is 0. The molecular formula is C15H20N4O. The van der Waals surface area contributed by atoms with Crippen molar-refractivity contribution in [3.8, 4) is 0 Å². The van der Waals surface area contributed by atoms with E-state index in [4.69, 9.17) is 0 Å². The fraction of sp³-hybridized carbons (Fsp3) is 0.400. The smallest absolute Gasteiger partial charge is 0.246 e. The zero-order valence-electron chi connectivity index (χ0n) is 11.7. The van der Waals surface area contributed by atoms with Crippen LogP contribution in [0.15, 0.2) is 36.9 Å². The highest BCUT2D eigenvalue weighted by molar-refractivity contribution is 5.90. The summed E-state index contributed by atoms with van der Waals surface area (Å²) in [5.74, 6) is -0.103. The van der Waals surface area contributed by atoms with E-state index < -0.39 is 0 Å². The minimum atomic E-state index is -0.103. The summed E-state index contributed by atoms with van der Waals surface area (Å²) < 4.78 is 1.49. The van der Waals surface area contributed by atoms with E-state index >= 15 is 0 Å². The van der Waals surface area contributed by atoms with Crippen molar-refractivity contribution >= 4 is 11.6 Å². The third kappa shape index (κ3) is 4.50. The summed E-state index contributed by atoms with van der Waals surface area (Å²) in [5.41, 5.74) is 2.13. The van der Waals surface area contributed by atoms with Crippen molar-refractivity contribution in [2.24, 2.45) is 0 Å². The molecule has 0 bridgehead atoms. The molecular weight excluding hydrogens is 252 g/mol. The molecule has 0 aliphatic heterocycles. The summed E-state index contributed by atoms with van der Waals surface area (Å²) in [6.45, 7) is 2.38. The lowest BCUT2D eigenvalue weighted by Gasteiger charge is -2.06. The van der Waals surface area contributed by atoms with Crippen LogP contribution < -0.4 is 5.32 Å². The SMILES string of the molecule is CCCCCc1ccc(NC(=O)Cn2cncn2)cc1. The molecule has 0 unspecified atom stereocenters. The molecule has 0 aliphatic rings. The van der Waals surface area contributed by atoms with Crippen LogP contribution in [-0.2, 0) is 17.8 Å². The Labute approximate surface area is 119 Å². The van der Waals surface area contributed by atoms with Gasteiger partial charge in [-0.25, -0.2) is 9.67 Å². The Bertz CT molecular complexity index is 519. The third-order valence-electron chi connectivity index (χ3n) is 3.08. The summed E-state index contributed by atoms with van der Waals surface area (Å²) in [5, 5.41) is 6.75. The van der Waals surface area contributed by atoms with E-state index in [0.29, 0.717) is 0 Å². The minimum absolute atomic E-state index is 0.103. The van der Waals surface area contributed by atoms with E-state index in [1.165, 1.54) is 42.2 Å². The van der Waals surface area contributed by atoms with Crippen molar-refractivity contribution in [1.29, 1.82) is 0 Å². The van der Waals surface area contributed by atoms with E-state index in [9.17, 15) is 4.79 Å². The molecule has 20 heavy (non-hydrogen) atoms. The molecule has 0 spiro atoms. The zero-order valence-corrected chi connectivity index (χ0v) is 11.7. The van der Waals surface area contributed by atoms with Gasteiger partial charge in [0.15, 0.2) is 0 Å². The van der Waals surface area contributed by atoms with Crippen LogP contribution >= 0.6 is 0 Å². The number of unbranched alkanes of at least 4 members (excludes halogenated alkanes) is 2. The summed E-state index contributed by atoms with van der Waals surface area (Å²) in [4.78, 5) is 15.6. The van der Waals surface area contributed by atoms with Gasteiger partial charge in [-0.05, 0) is 30.5 Å². The number of aryl methyl sites for hydroxylation is 1. The Morgan fingerprint density at radius 2 is 2.05 bits per heavy atom. The van der Waals surface area contributed by atoms with Crippen molar-refractivity contribution < 1.29 is 4.79 Å². The van der Waals surface area contributed by atoms with E-state index in [1.54, 1.807) is 0 Å². The maximum absolute atomic E-state index is 11.8. The predicted molar refractivity (Wildman–Crippen MR) is 78.3 cm³/mol. The van der Waals surface area contributed by atoms with Crippen LogP contribution in [0.1, 0.15) is 31.7 Å². The number of amides is 1. The number of hydrogen-bond donors (Lipinski definition) is 1. The molecule has 0 aliphatic carbocycles. The van der Waals surface area contributed by atoms with Crippen LogP contribution in [0.4, 0.5) is 5.69 Å². The van der Waals surface area contributed by atoms with Crippen LogP contribution in [-0.4, -0.2) is 20.7 Å². The van der Waals surface area contributed by atoms with Gasteiger partial charge in [-0.15, -0.1) is 0 Å². The van der Waals surface area contributed by atoms with Gasteiger partial charge >= 0.3 is 0 Å². The molecule has 5 nitrogen and oxygen atoms in total. The average molecular weight is 272 g/mol. The van der Waals surface area contributed by atoms with Crippen LogP contribution in [0, 0.1) is 0 Å². The highest BCUT2D eigenvalue weighted by Gasteiger charge is 2.04. The lowest BCUT2D eigenvalue weighted by atomic mass is 10.1. The van der Waals surface area contributed by atoms with Crippen LogP contribution in [0.2, 0.25) is 0 Å². The summed E-state index contributed by atoms with van der Waals surface area (Å²) in [6, 6.07) is 8.03. The Hall–Kier alpha value is -2.17. The molecule has 0 radical (unpaired) electrons. The lowest BCUT2D eigenvalue weighted by Crippen LogP contribution is -2.18. The molecule has 2 aromatic rings. The average Bonchev–Trinajstić information content (AvgIpc) is 2.94. The van der Waals surface area contributed by atoms with E-state index in [2.05, 4.69) is 34.5 Å². The maximum atomic E-state index is 11.8. The molecule has 2 rings (SSSR count). The molecule has 5 heteroatoms. The number of aromatic nitrogens is 3. The Balaban J connectivity index is 1.82. The molecule has 0 saturated heterocycles. The van der Waals surface area contributed by atoms with Gasteiger partial charge in [-0.3, -0.25) is 4.79 Å². The molecule has 1 aromatic heterocycles. The van der Waals surface area contributed by atoms with Gasteiger partial charge in [0.2, 0.25) is 5.91 Å². The number of nitrogens with one attached hydrogen (secondary N) is 1. The van der Waals surface area contributed by atoms with Gasteiger partial charge in [0, 0.05) is 5.69 Å². The second-order valence-corrected chi connectivity index (χ2v) is 4.80. The fourth-order valence-electron chi connectivity index (χ4n) is 2.00. The predicted octanol–water partition coefficient (Wildman–Crippen LogP) is 2.65. The Morgan fingerprint density at radius 1 is 1.25 bits per heavy atom. The first kappa shape index (κ1) is 14.2. The monoisotopic (exact) mass is 272 g/mol. The highest BCUT2D eigenvalue weighted by atomic mass is 16.2. The first-order valence-electron chi connectivity index (χ1n) is 6.99. The number of carbonyl (C=O) groups is 1. The fourth-order valence-corrected chi connectivity index (χ4v) is 2.00. The second kappa shape index (κ2) is 7.43. The standard InChI is InChI=1S/C15H20N4O/c1-2-3-4-5-13-6-8-14(9-7-13)18-15(20)10-19-12-16-11-17-19/h6-9,11-12H,2-5,10H2,1H3,(H,18,20). The first-order chi connectivity index (χ1) is 9.78. The quantitative estimate of drug-likeness (QED) is 0.788. The summed E-state index contributed by atoms with van der Waals surface area (Å²) >= 11 is 0. The zero-order chi connectivity index (χ0) is 14.2. The number of hydrogen-bond acceptors (Lipinski definition) is 3. The van der Waals surface area contributed by atoms with E-state index in [0.717, 1.165) is 12.1 Å². The molecule has 1 heterocycles. The molecule has 0 saturated carbocycles. The third-order valence-corrected chi connectivity index (χ3v) is 3.08. The van der Waals surface area contributed by atoms with Gasteiger partial charge < -0.3 is 5.32 Å². The first-order valence-corrected chi connectivity index (χ1v) is 6.99. The van der Waals surface area contributed by atoms with Gasteiger partial charge in [-0.2, -0.15) is 5.10 Å². The normalized spacial score (nSPS) is 10.4. The Kier molecular flexibility index (Phi) is 5.29. The van der Waals surface area contributed by atoms with Crippen molar-refractivity contribution in [3.63, 3.8) is 0 Å². The number of benzene rings is 1. The number of carbonyl (C=O) groups excluding carboxylic acids is 1.